The molecule has 0 aliphatic heterocycles. The van der Waals surface area contributed by atoms with Crippen molar-refractivity contribution in [3.63, 3.8) is 0 Å². The number of carbonyl (C=O) groups is 1. The van der Waals surface area contributed by atoms with Crippen LogP contribution in [0.25, 0.3) is 0 Å². The Labute approximate surface area is 109 Å². The molecule has 4 heteroatoms. The van der Waals surface area contributed by atoms with Crippen molar-refractivity contribution in [3.8, 4) is 5.75 Å². The molecule has 0 aliphatic carbocycles. The molecule has 2 N–H and O–H groups in total. The van der Waals surface area contributed by atoms with Crippen molar-refractivity contribution >= 4 is 11.6 Å². The van der Waals surface area contributed by atoms with Crippen LogP contribution in [0.2, 0.25) is 0 Å². The molecule has 0 fully saturated rings. The number of nitrogens with one attached hydrogen (secondary N) is 2. The van der Waals surface area contributed by atoms with Crippen LogP contribution in [0, 0.1) is 0 Å². The summed E-state index contributed by atoms with van der Waals surface area (Å²) in [5.41, 5.74) is 0.831. The van der Waals surface area contributed by atoms with E-state index >= 15 is 0 Å². The minimum Gasteiger partial charge on any atom is -0.497 e. The Balaban J connectivity index is 2.35. The monoisotopic (exact) mass is 250 g/mol. The number of hydrogen-bond donors (Lipinski definition) is 2. The van der Waals surface area contributed by atoms with Crippen LogP contribution in [-0.2, 0) is 4.79 Å². The maximum atomic E-state index is 11.7. The highest BCUT2D eigenvalue weighted by atomic mass is 16.5. The quantitative estimate of drug-likeness (QED) is 0.843. The molecule has 1 aromatic rings. The molecule has 0 spiro atoms. The first kappa shape index (κ1) is 14.5. The maximum Gasteiger partial charge on any atom is 0.225 e. The third-order valence-electron chi connectivity index (χ3n) is 2.38. The second-order valence-corrected chi connectivity index (χ2v) is 5.20. The number of ether oxygens (including phenoxy) is 1. The van der Waals surface area contributed by atoms with Crippen LogP contribution >= 0.6 is 0 Å². The Morgan fingerprint density at radius 1 is 1.22 bits per heavy atom. The van der Waals surface area contributed by atoms with Crippen LogP contribution in [0.3, 0.4) is 0 Å². The molecule has 4 nitrogen and oxygen atoms in total. The zero-order chi connectivity index (χ0) is 13.6. The standard InChI is InChI=1S/C14H22N2O2/c1-14(2,3)15-10-9-13(17)16-11-5-7-12(18-4)8-6-11/h5-8,15H,9-10H2,1-4H3,(H,16,17). The van der Waals surface area contributed by atoms with E-state index in [1.165, 1.54) is 0 Å². The molecule has 18 heavy (non-hydrogen) atoms. The summed E-state index contributed by atoms with van der Waals surface area (Å²) >= 11 is 0. The SMILES string of the molecule is COc1ccc(NC(=O)CCNC(C)(C)C)cc1. The zero-order valence-electron chi connectivity index (χ0n) is 11.5. The molecule has 1 rings (SSSR count). The summed E-state index contributed by atoms with van der Waals surface area (Å²) in [6.45, 7) is 6.91. The van der Waals surface area contributed by atoms with Crippen LogP contribution < -0.4 is 15.4 Å². The average Bonchev–Trinajstić information content (AvgIpc) is 2.28. The molecule has 100 valence electrons. The van der Waals surface area contributed by atoms with Crippen LogP contribution in [0.15, 0.2) is 24.3 Å². The van der Waals surface area contributed by atoms with E-state index in [0.29, 0.717) is 13.0 Å². The van der Waals surface area contributed by atoms with Gasteiger partial charge in [-0.2, -0.15) is 0 Å². The Bertz CT molecular complexity index is 380. The van der Waals surface area contributed by atoms with Crippen LogP contribution in [0.5, 0.6) is 5.75 Å². The smallest absolute Gasteiger partial charge is 0.225 e. The summed E-state index contributed by atoms with van der Waals surface area (Å²) in [6.07, 6.45) is 0.462. The summed E-state index contributed by atoms with van der Waals surface area (Å²) in [4.78, 5) is 11.7. The lowest BCUT2D eigenvalue weighted by Gasteiger charge is -2.20. The molecule has 1 aromatic carbocycles. The highest BCUT2D eigenvalue weighted by molar-refractivity contribution is 5.90. The second kappa shape index (κ2) is 6.40. The van der Waals surface area contributed by atoms with Crippen LogP contribution in [0.4, 0.5) is 5.69 Å². The fraction of sp³-hybridized carbons (Fsp3) is 0.500. The lowest BCUT2D eigenvalue weighted by Crippen LogP contribution is -2.37. The fourth-order valence-corrected chi connectivity index (χ4v) is 1.45. The number of hydrogen-bond acceptors (Lipinski definition) is 3. The Morgan fingerprint density at radius 2 is 1.83 bits per heavy atom. The van der Waals surface area contributed by atoms with Gasteiger partial charge in [0.2, 0.25) is 5.91 Å². The number of rotatable bonds is 5. The van der Waals surface area contributed by atoms with Gasteiger partial charge in [-0.1, -0.05) is 0 Å². The van der Waals surface area contributed by atoms with Crippen molar-refractivity contribution in [2.45, 2.75) is 32.7 Å². The predicted octanol–water partition coefficient (Wildman–Crippen LogP) is 2.41. The highest BCUT2D eigenvalue weighted by Gasteiger charge is 2.09. The summed E-state index contributed by atoms with van der Waals surface area (Å²) in [7, 11) is 1.62. The number of benzene rings is 1. The third-order valence-corrected chi connectivity index (χ3v) is 2.38. The Hall–Kier alpha value is -1.55. The summed E-state index contributed by atoms with van der Waals surface area (Å²) in [5, 5.41) is 6.12. The first-order chi connectivity index (χ1) is 8.40. The van der Waals surface area contributed by atoms with Crippen molar-refractivity contribution in [1.29, 1.82) is 0 Å². The maximum absolute atomic E-state index is 11.7. The predicted molar refractivity (Wildman–Crippen MR) is 74.0 cm³/mol. The van der Waals surface area contributed by atoms with Crippen LogP contribution in [-0.4, -0.2) is 25.1 Å². The van der Waals surface area contributed by atoms with E-state index in [2.05, 4.69) is 31.4 Å². The normalized spacial score (nSPS) is 11.1. The molecular formula is C14H22N2O2. The number of amides is 1. The average molecular weight is 250 g/mol. The van der Waals surface area contributed by atoms with Gasteiger partial charge in [-0.15, -0.1) is 0 Å². The van der Waals surface area contributed by atoms with E-state index in [0.717, 1.165) is 11.4 Å². The van der Waals surface area contributed by atoms with Crippen molar-refractivity contribution in [1.82, 2.24) is 5.32 Å². The summed E-state index contributed by atoms with van der Waals surface area (Å²) < 4.78 is 5.05. The van der Waals surface area contributed by atoms with Gasteiger partial charge < -0.3 is 15.4 Å². The molecule has 0 aliphatic rings. The minimum atomic E-state index is 0.0110. The Kier molecular flexibility index (Phi) is 5.16. The fourth-order valence-electron chi connectivity index (χ4n) is 1.45. The highest BCUT2D eigenvalue weighted by Crippen LogP contribution is 2.14. The third kappa shape index (κ3) is 5.68. The van der Waals surface area contributed by atoms with Crippen molar-refractivity contribution in [2.75, 3.05) is 19.0 Å². The van der Waals surface area contributed by atoms with Crippen molar-refractivity contribution < 1.29 is 9.53 Å². The molecule has 1 amide bonds. The zero-order valence-corrected chi connectivity index (χ0v) is 11.5. The number of anilines is 1. The van der Waals surface area contributed by atoms with E-state index in [1.54, 1.807) is 7.11 Å². The van der Waals surface area contributed by atoms with Gasteiger partial charge >= 0.3 is 0 Å². The summed E-state index contributed by atoms with van der Waals surface area (Å²) in [5.74, 6) is 0.791. The Morgan fingerprint density at radius 3 is 2.33 bits per heavy atom. The molecule has 0 unspecified atom stereocenters. The van der Waals surface area contributed by atoms with Gasteiger partial charge in [0.15, 0.2) is 0 Å². The second-order valence-electron chi connectivity index (χ2n) is 5.20. The number of carbonyl (C=O) groups excluding carboxylic acids is 1. The van der Waals surface area contributed by atoms with Crippen LogP contribution in [0.1, 0.15) is 27.2 Å². The molecule has 0 aromatic heterocycles. The van der Waals surface area contributed by atoms with Crippen molar-refractivity contribution in [3.05, 3.63) is 24.3 Å². The minimum absolute atomic E-state index is 0.0110. The van der Waals surface area contributed by atoms with Gasteiger partial charge in [0.05, 0.1) is 7.11 Å². The van der Waals surface area contributed by atoms with E-state index in [9.17, 15) is 4.79 Å². The molecule has 0 bridgehead atoms. The van der Waals surface area contributed by atoms with E-state index in [4.69, 9.17) is 4.74 Å². The van der Waals surface area contributed by atoms with Gasteiger partial charge in [0.1, 0.15) is 5.75 Å². The van der Waals surface area contributed by atoms with Gasteiger partial charge in [0, 0.05) is 24.2 Å². The first-order valence-electron chi connectivity index (χ1n) is 6.09. The lowest BCUT2D eigenvalue weighted by molar-refractivity contribution is -0.116. The van der Waals surface area contributed by atoms with Gasteiger partial charge in [-0.25, -0.2) is 0 Å². The molecule has 0 saturated heterocycles. The van der Waals surface area contributed by atoms with Gasteiger partial charge in [-0.05, 0) is 45.0 Å². The first-order valence-corrected chi connectivity index (χ1v) is 6.09. The molecule has 0 radical (unpaired) electrons. The van der Waals surface area contributed by atoms with Crippen molar-refractivity contribution in [2.24, 2.45) is 0 Å². The number of methoxy groups -OCH3 is 1. The van der Waals surface area contributed by atoms with E-state index in [1.807, 2.05) is 24.3 Å². The molecule has 0 saturated carbocycles. The van der Waals surface area contributed by atoms with E-state index < -0.39 is 0 Å². The summed E-state index contributed by atoms with van der Waals surface area (Å²) in [6, 6.07) is 7.30. The van der Waals surface area contributed by atoms with Gasteiger partial charge in [-0.3, -0.25) is 4.79 Å². The largest absolute Gasteiger partial charge is 0.497 e. The lowest BCUT2D eigenvalue weighted by atomic mass is 10.1. The molecule has 0 heterocycles. The molecular weight excluding hydrogens is 228 g/mol. The van der Waals surface area contributed by atoms with E-state index in [-0.39, 0.29) is 11.4 Å². The van der Waals surface area contributed by atoms with Gasteiger partial charge in [0.25, 0.3) is 0 Å². The molecule has 0 atom stereocenters. The topological polar surface area (TPSA) is 50.4 Å².